The summed E-state index contributed by atoms with van der Waals surface area (Å²) in [6.45, 7) is 8.32. The molecule has 0 aliphatic heterocycles. The van der Waals surface area contributed by atoms with Crippen LogP contribution in [0.2, 0.25) is 0 Å². The number of carbonyl (C=O) groups is 1. The zero-order valence-corrected chi connectivity index (χ0v) is 16.1. The molecule has 1 rings (SSSR count). The molecular formula is C19H37N3O. The minimum atomic E-state index is -0.175. The first kappa shape index (κ1) is 21.7. The van der Waals surface area contributed by atoms with Crippen LogP contribution in [0.5, 0.6) is 0 Å². The zero-order chi connectivity index (χ0) is 17.8. The molecule has 0 aromatic heterocycles. The smallest absolute Gasteiger partial charge is 0.145 e. The summed E-state index contributed by atoms with van der Waals surface area (Å²) in [7, 11) is 3.89. The van der Waals surface area contributed by atoms with Crippen molar-refractivity contribution in [3.63, 3.8) is 0 Å². The lowest BCUT2D eigenvalue weighted by atomic mass is 10.1. The molecule has 1 aliphatic rings. The second-order valence-corrected chi connectivity index (χ2v) is 6.37. The Morgan fingerprint density at radius 3 is 2.00 bits per heavy atom. The highest BCUT2D eigenvalue weighted by atomic mass is 16.1. The second kappa shape index (κ2) is 12.1. The molecule has 0 aromatic rings. The summed E-state index contributed by atoms with van der Waals surface area (Å²) >= 11 is 0. The Hall–Kier alpha value is -1.32. The van der Waals surface area contributed by atoms with Crippen LogP contribution in [-0.4, -0.2) is 48.1 Å². The molecular weight excluding hydrogens is 286 g/mol. The molecule has 1 aliphatic carbocycles. The van der Waals surface area contributed by atoms with E-state index in [1.165, 1.54) is 25.7 Å². The van der Waals surface area contributed by atoms with Crippen molar-refractivity contribution < 1.29 is 4.79 Å². The maximum absolute atomic E-state index is 11.3. The minimum absolute atomic E-state index is 0.175. The Morgan fingerprint density at radius 1 is 1.17 bits per heavy atom. The van der Waals surface area contributed by atoms with Crippen LogP contribution in [0.3, 0.4) is 0 Å². The van der Waals surface area contributed by atoms with Crippen molar-refractivity contribution in [3.8, 4) is 0 Å². The van der Waals surface area contributed by atoms with Crippen molar-refractivity contribution in [1.82, 2.24) is 9.80 Å². The van der Waals surface area contributed by atoms with Gasteiger partial charge in [-0.3, -0.25) is 5.41 Å². The first-order valence-electron chi connectivity index (χ1n) is 9.14. The fourth-order valence-electron chi connectivity index (χ4n) is 2.90. The van der Waals surface area contributed by atoms with E-state index in [-0.39, 0.29) is 6.04 Å². The summed E-state index contributed by atoms with van der Waals surface area (Å²) in [4.78, 5) is 15.3. The van der Waals surface area contributed by atoms with E-state index in [4.69, 9.17) is 5.41 Å². The molecule has 23 heavy (non-hydrogen) atoms. The molecule has 4 nitrogen and oxygen atoms in total. The van der Waals surface area contributed by atoms with Gasteiger partial charge in [-0.2, -0.15) is 0 Å². The number of aldehydes is 1. The van der Waals surface area contributed by atoms with Gasteiger partial charge in [0.05, 0.1) is 11.7 Å². The predicted octanol–water partition coefficient (Wildman–Crippen LogP) is 4.46. The molecule has 4 heteroatoms. The van der Waals surface area contributed by atoms with Gasteiger partial charge in [-0.25, -0.2) is 0 Å². The Labute approximate surface area is 143 Å². The van der Waals surface area contributed by atoms with Gasteiger partial charge in [-0.15, -0.1) is 0 Å². The van der Waals surface area contributed by atoms with Gasteiger partial charge in [-0.05, 0) is 26.2 Å². The highest BCUT2D eigenvalue weighted by Crippen LogP contribution is 2.27. The molecule has 0 amide bonds. The Kier molecular flexibility index (Phi) is 11.4. The second-order valence-electron chi connectivity index (χ2n) is 6.37. The Bertz CT molecular complexity index is 369. The van der Waals surface area contributed by atoms with E-state index in [9.17, 15) is 4.79 Å². The predicted molar refractivity (Wildman–Crippen MR) is 100.0 cm³/mol. The molecule has 1 unspecified atom stereocenters. The van der Waals surface area contributed by atoms with Gasteiger partial charge < -0.3 is 14.6 Å². The van der Waals surface area contributed by atoms with Gasteiger partial charge in [0.15, 0.2) is 0 Å². The van der Waals surface area contributed by atoms with Crippen molar-refractivity contribution >= 4 is 12.1 Å². The molecule has 1 N–H and O–H groups in total. The van der Waals surface area contributed by atoms with Gasteiger partial charge in [0.2, 0.25) is 0 Å². The van der Waals surface area contributed by atoms with Crippen molar-refractivity contribution in [1.29, 1.82) is 5.41 Å². The highest BCUT2D eigenvalue weighted by molar-refractivity contribution is 5.96. The van der Waals surface area contributed by atoms with Crippen molar-refractivity contribution in [2.75, 3.05) is 14.1 Å². The Morgan fingerprint density at radius 2 is 1.70 bits per heavy atom. The van der Waals surface area contributed by atoms with Gasteiger partial charge in [0, 0.05) is 20.1 Å². The van der Waals surface area contributed by atoms with Gasteiger partial charge in [0.25, 0.3) is 0 Å². The van der Waals surface area contributed by atoms with Crippen LogP contribution in [0.1, 0.15) is 72.6 Å². The lowest BCUT2D eigenvalue weighted by Gasteiger charge is -2.37. The van der Waals surface area contributed by atoms with E-state index in [1.54, 1.807) is 0 Å². The van der Waals surface area contributed by atoms with E-state index in [0.717, 1.165) is 31.2 Å². The quantitative estimate of drug-likeness (QED) is 0.427. The molecule has 134 valence electrons. The molecule has 0 spiro atoms. The highest BCUT2D eigenvalue weighted by Gasteiger charge is 2.31. The van der Waals surface area contributed by atoms with Crippen molar-refractivity contribution in [2.24, 2.45) is 0 Å². The fraction of sp³-hybridized carbons (Fsp3) is 0.789. The number of hydrogen-bond acceptors (Lipinski definition) is 3. The molecule has 1 saturated carbocycles. The summed E-state index contributed by atoms with van der Waals surface area (Å²) < 4.78 is 0. The topological polar surface area (TPSA) is 47.4 Å². The molecule has 0 heterocycles. The van der Waals surface area contributed by atoms with Gasteiger partial charge >= 0.3 is 0 Å². The van der Waals surface area contributed by atoms with E-state index >= 15 is 0 Å². The number of hydrogen-bond donors (Lipinski definition) is 1. The summed E-state index contributed by atoms with van der Waals surface area (Å²) in [5, 5.41) is 8.49. The SMILES string of the molecule is C/C=C(\C(=N)N(C(C=O)CC)C1CCCC1)N(C)C.CCCC. The van der Waals surface area contributed by atoms with Crippen molar-refractivity contribution in [3.05, 3.63) is 11.8 Å². The summed E-state index contributed by atoms with van der Waals surface area (Å²) in [6, 6.07) is 0.169. The third-order valence-electron chi connectivity index (χ3n) is 4.41. The molecule has 1 fully saturated rings. The average Bonchev–Trinajstić information content (AvgIpc) is 3.06. The number of nitrogens with one attached hydrogen (secondary N) is 1. The fourth-order valence-corrected chi connectivity index (χ4v) is 2.90. The van der Waals surface area contributed by atoms with E-state index in [1.807, 2.05) is 43.8 Å². The average molecular weight is 324 g/mol. The van der Waals surface area contributed by atoms with Crippen LogP contribution in [-0.2, 0) is 4.79 Å². The number of nitrogens with zero attached hydrogens (tertiary/aromatic N) is 2. The van der Waals surface area contributed by atoms with Crippen LogP contribution in [0, 0.1) is 5.41 Å². The Balaban J connectivity index is 0.00000108. The molecule has 0 bridgehead atoms. The molecule has 0 saturated heterocycles. The van der Waals surface area contributed by atoms with Gasteiger partial charge in [0.1, 0.15) is 12.1 Å². The number of likely N-dealkylation sites (N-methyl/N-ethyl adjacent to an activating group) is 1. The first-order valence-corrected chi connectivity index (χ1v) is 9.14. The van der Waals surface area contributed by atoms with Crippen LogP contribution in [0.4, 0.5) is 0 Å². The van der Waals surface area contributed by atoms with Crippen LogP contribution < -0.4 is 0 Å². The number of rotatable bonds is 7. The largest absolute Gasteiger partial charge is 0.375 e. The summed E-state index contributed by atoms with van der Waals surface area (Å²) in [6.07, 6.45) is 10.9. The van der Waals surface area contributed by atoms with E-state index < -0.39 is 0 Å². The molecule has 1 atom stereocenters. The van der Waals surface area contributed by atoms with E-state index in [2.05, 4.69) is 13.8 Å². The monoisotopic (exact) mass is 323 g/mol. The third kappa shape index (κ3) is 6.76. The number of carbonyl (C=O) groups excluding carboxylic acids is 1. The van der Waals surface area contributed by atoms with Crippen LogP contribution in [0.15, 0.2) is 11.8 Å². The number of allylic oxidation sites excluding steroid dienone is 1. The van der Waals surface area contributed by atoms with Gasteiger partial charge in [-0.1, -0.05) is 52.5 Å². The number of unbranched alkanes of at least 4 members (excludes halogenated alkanes) is 1. The van der Waals surface area contributed by atoms with E-state index in [0.29, 0.717) is 11.9 Å². The lowest BCUT2D eigenvalue weighted by Crippen LogP contribution is -2.48. The van der Waals surface area contributed by atoms with Crippen LogP contribution in [0.25, 0.3) is 0 Å². The van der Waals surface area contributed by atoms with Crippen molar-refractivity contribution in [2.45, 2.75) is 84.7 Å². The standard InChI is InChI=1S/C15H27N3O.C4H10/c1-5-12(11-19)18(13-9-7-8-10-13)15(16)14(6-2)17(3)4;1-3-4-2/h6,11-13,16H,5,7-10H2,1-4H3;3-4H2,1-2H3/b14-6+,16-15?;. The van der Waals surface area contributed by atoms with Crippen LogP contribution >= 0.6 is 0 Å². The maximum Gasteiger partial charge on any atom is 0.145 e. The zero-order valence-electron chi connectivity index (χ0n) is 16.1. The molecule has 0 aromatic carbocycles. The molecule has 0 radical (unpaired) electrons. The lowest BCUT2D eigenvalue weighted by molar-refractivity contribution is -0.111. The first-order chi connectivity index (χ1) is 11.0. The number of amidine groups is 1. The maximum atomic E-state index is 11.3. The minimum Gasteiger partial charge on any atom is -0.375 e. The normalized spacial score (nSPS) is 16.3. The summed E-state index contributed by atoms with van der Waals surface area (Å²) in [5.41, 5.74) is 0.882. The third-order valence-corrected chi connectivity index (χ3v) is 4.41. The summed E-state index contributed by atoms with van der Waals surface area (Å²) in [5.74, 6) is 0.485.